The summed E-state index contributed by atoms with van der Waals surface area (Å²) >= 11 is 0. The average molecular weight is 376 g/mol. The van der Waals surface area contributed by atoms with Crippen molar-refractivity contribution in [3.05, 3.63) is 23.8 Å². The molecule has 0 bridgehead atoms. The number of amides is 2. The highest BCUT2D eigenvalue weighted by molar-refractivity contribution is 6.02. The number of Topliss-reactive ketones (excluding diaryl/α,β-unsaturated/α-hetero) is 1. The van der Waals surface area contributed by atoms with Crippen LogP contribution in [0.25, 0.3) is 0 Å². The number of hydrogen-bond acceptors (Lipinski definition) is 5. The van der Waals surface area contributed by atoms with Gasteiger partial charge in [-0.05, 0) is 24.6 Å². The minimum Gasteiger partial charge on any atom is -0.482 e. The van der Waals surface area contributed by atoms with Gasteiger partial charge in [-0.2, -0.15) is 0 Å². The predicted octanol–water partition coefficient (Wildman–Crippen LogP) is 1.72. The number of anilines is 1. The Morgan fingerprint density at radius 2 is 1.93 bits per heavy atom. The number of carboxylic acid groups (broad SMARTS) is 1. The van der Waals surface area contributed by atoms with E-state index in [0.717, 1.165) is 0 Å². The minimum atomic E-state index is -0.963. The average Bonchev–Trinajstić information content (AvgIpc) is 2.65. The number of carbonyl (C=O) groups excluding carboxylic acids is 3. The minimum absolute atomic E-state index is 0.0147. The van der Waals surface area contributed by atoms with Crippen LogP contribution < -0.4 is 9.64 Å². The van der Waals surface area contributed by atoms with Gasteiger partial charge in [-0.15, -0.1) is 0 Å². The number of nitrogens with zero attached hydrogens (tertiary/aromatic N) is 2. The van der Waals surface area contributed by atoms with Crippen molar-refractivity contribution < 1.29 is 29.0 Å². The summed E-state index contributed by atoms with van der Waals surface area (Å²) in [6.07, 6.45) is 0.625. The van der Waals surface area contributed by atoms with Crippen LogP contribution in [0.15, 0.2) is 18.2 Å². The van der Waals surface area contributed by atoms with Gasteiger partial charge < -0.3 is 19.6 Å². The first-order valence-electron chi connectivity index (χ1n) is 8.89. The van der Waals surface area contributed by atoms with Gasteiger partial charge >= 0.3 is 5.97 Å². The lowest BCUT2D eigenvalue weighted by molar-refractivity contribution is -0.138. The van der Waals surface area contributed by atoms with E-state index in [0.29, 0.717) is 30.0 Å². The van der Waals surface area contributed by atoms with E-state index in [4.69, 9.17) is 9.84 Å². The molecular weight excluding hydrogens is 352 g/mol. The van der Waals surface area contributed by atoms with Crippen LogP contribution >= 0.6 is 0 Å². The number of ketones is 1. The Balaban J connectivity index is 1.99. The molecule has 27 heavy (non-hydrogen) atoms. The SMILES string of the molecule is CCCN(CCC(=O)O)C(=O)CCC(=O)c1ccc2c(c1)N(C)C(=O)CO2. The molecule has 2 rings (SSSR count). The molecule has 0 spiro atoms. The lowest BCUT2D eigenvalue weighted by Crippen LogP contribution is -2.35. The van der Waals surface area contributed by atoms with E-state index in [1.807, 2.05) is 6.92 Å². The van der Waals surface area contributed by atoms with Crippen LogP contribution in [0.1, 0.15) is 43.0 Å². The van der Waals surface area contributed by atoms with Gasteiger partial charge in [0, 0.05) is 38.5 Å². The molecule has 1 aliphatic rings. The van der Waals surface area contributed by atoms with E-state index < -0.39 is 5.97 Å². The molecule has 0 saturated heterocycles. The number of fused-ring (bicyclic) bond motifs is 1. The van der Waals surface area contributed by atoms with Crippen LogP contribution in [0.5, 0.6) is 5.75 Å². The van der Waals surface area contributed by atoms with Crippen molar-refractivity contribution in [1.82, 2.24) is 4.90 Å². The second-order valence-electron chi connectivity index (χ2n) is 6.37. The Labute approximate surface area is 157 Å². The molecule has 1 heterocycles. The van der Waals surface area contributed by atoms with Gasteiger partial charge in [0.25, 0.3) is 5.91 Å². The molecule has 0 radical (unpaired) electrons. The Morgan fingerprint density at radius 3 is 2.59 bits per heavy atom. The quantitative estimate of drug-likeness (QED) is 0.658. The second-order valence-corrected chi connectivity index (χ2v) is 6.37. The van der Waals surface area contributed by atoms with E-state index in [9.17, 15) is 19.2 Å². The van der Waals surface area contributed by atoms with Gasteiger partial charge in [0.2, 0.25) is 5.91 Å². The summed E-state index contributed by atoms with van der Waals surface area (Å²) in [5, 5.41) is 8.79. The first-order valence-corrected chi connectivity index (χ1v) is 8.89. The lowest BCUT2D eigenvalue weighted by atomic mass is 10.0. The van der Waals surface area contributed by atoms with Crippen LogP contribution in [-0.2, 0) is 14.4 Å². The number of aliphatic carboxylic acids is 1. The molecule has 0 unspecified atom stereocenters. The third kappa shape index (κ3) is 5.29. The Hall–Kier alpha value is -2.90. The number of benzene rings is 1. The Kier molecular flexibility index (Phi) is 6.92. The van der Waals surface area contributed by atoms with Crippen molar-refractivity contribution in [2.24, 2.45) is 0 Å². The Bertz CT molecular complexity index is 746. The highest BCUT2D eigenvalue weighted by Gasteiger charge is 2.24. The van der Waals surface area contributed by atoms with E-state index in [1.165, 1.54) is 9.80 Å². The maximum atomic E-state index is 12.5. The smallest absolute Gasteiger partial charge is 0.305 e. The molecule has 0 atom stereocenters. The molecule has 0 aromatic heterocycles. The monoisotopic (exact) mass is 376 g/mol. The molecule has 8 nitrogen and oxygen atoms in total. The number of ether oxygens (including phenoxy) is 1. The molecule has 8 heteroatoms. The summed E-state index contributed by atoms with van der Waals surface area (Å²) in [6.45, 7) is 2.47. The zero-order valence-electron chi connectivity index (χ0n) is 15.6. The first-order chi connectivity index (χ1) is 12.8. The van der Waals surface area contributed by atoms with Crippen molar-refractivity contribution in [2.45, 2.75) is 32.6 Å². The zero-order valence-corrected chi connectivity index (χ0v) is 15.6. The van der Waals surface area contributed by atoms with Gasteiger partial charge in [-0.3, -0.25) is 19.2 Å². The molecule has 0 saturated carbocycles. The third-order valence-electron chi connectivity index (χ3n) is 4.38. The van der Waals surface area contributed by atoms with Crippen molar-refractivity contribution >= 4 is 29.3 Å². The fraction of sp³-hybridized carbons (Fsp3) is 0.474. The molecule has 1 N–H and O–H groups in total. The highest BCUT2D eigenvalue weighted by atomic mass is 16.5. The Morgan fingerprint density at radius 1 is 1.19 bits per heavy atom. The van der Waals surface area contributed by atoms with Gasteiger partial charge in [0.05, 0.1) is 12.1 Å². The molecule has 146 valence electrons. The van der Waals surface area contributed by atoms with Crippen molar-refractivity contribution in [3.63, 3.8) is 0 Å². The molecular formula is C19H24N2O6. The standard InChI is InChI=1S/C19H24N2O6/c1-3-9-21(10-8-19(25)26)17(23)7-5-15(22)13-4-6-16-14(11-13)20(2)18(24)12-27-16/h4,6,11H,3,5,7-10,12H2,1-2H3,(H,25,26). The number of carbonyl (C=O) groups is 4. The fourth-order valence-corrected chi connectivity index (χ4v) is 2.83. The number of carboxylic acids is 1. The first kappa shape index (κ1) is 20.4. The van der Waals surface area contributed by atoms with Crippen LogP contribution in [-0.4, -0.2) is 60.3 Å². The van der Waals surface area contributed by atoms with E-state index in [2.05, 4.69) is 0 Å². The number of hydrogen-bond donors (Lipinski definition) is 1. The maximum Gasteiger partial charge on any atom is 0.305 e. The summed E-state index contributed by atoms with van der Waals surface area (Å²) in [5.41, 5.74) is 0.928. The van der Waals surface area contributed by atoms with Gasteiger partial charge in [0.1, 0.15) is 5.75 Å². The van der Waals surface area contributed by atoms with Crippen molar-refractivity contribution in [2.75, 3.05) is 31.6 Å². The van der Waals surface area contributed by atoms with Crippen LogP contribution in [0.3, 0.4) is 0 Å². The molecule has 0 fully saturated rings. The summed E-state index contributed by atoms with van der Waals surface area (Å²) in [6, 6.07) is 4.85. The normalized spacial score (nSPS) is 13.0. The van der Waals surface area contributed by atoms with Crippen LogP contribution in [0, 0.1) is 0 Å². The zero-order chi connectivity index (χ0) is 20.0. The second kappa shape index (κ2) is 9.16. The summed E-state index contributed by atoms with van der Waals surface area (Å²) < 4.78 is 5.33. The highest BCUT2D eigenvalue weighted by Crippen LogP contribution is 2.32. The molecule has 1 aromatic carbocycles. The topological polar surface area (TPSA) is 104 Å². The lowest BCUT2D eigenvalue weighted by Gasteiger charge is -2.26. The fourth-order valence-electron chi connectivity index (χ4n) is 2.83. The maximum absolute atomic E-state index is 12.5. The van der Waals surface area contributed by atoms with Crippen LogP contribution in [0.2, 0.25) is 0 Å². The summed E-state index contributed by atoms with van der Waals surface area (Å²) in [5.74, 6) is -1.08. The summed E-state index contributed by atoms with van der Waals surface area (Å²) in [4.78, 5) is 50.1. The van der Waals surface area contributed by atoms with Gasteiger partial charge in [0.15, 0.2) is 12.4 Å². The molecule has 1 aromatic rings. The van der Waals surface area contributed by atoms with E-state index in [-0.39, 0.29) is 50.0 Å². The number of rotatable bonds is 9. The van der Waals surface area contributed by atoms with Gasteiger partial charge in [-0.1, -0.05) is 6.92 Å². The van der Waals surface area contributed by atoms with Crippen molar-refractivity contribution in [1.29, 1.82) is 0 Å². The predicted molar refractivity (Wildman–Crippen MR) is 98.0 cm³/mol. The molecule has 2 amide bonds. The third-order valence-corrected chi connectivity index (χ3v) is 4.38. The summed E-state index contributed by atoms with van der Waals surface area (Å²) in [7, 11) is 1.62. The van der Waals surface area contributed by atoms with Crippen LogP contribution in [0.4, 0.5) is 5.69 Å². The molecule has 0 aliphatic carbocycles. The van der Waals surface area contributed by atoms with Crippen molar-refractivity contribution in [3.8, 4) is 5.75 Å². The largest absolute Gasteiger partial charge is 0.482 e. The van der Waals surface area contributed by atoms with E-state index in [1.54, 1.807) is 25.2 Å². The van der Waals surface area contributed by atoms with Gasteiger partial charge in [-0.25, -0.2) is 0 Å². The number of likely N-dealkylation sites (N-methyl/N-ethyl adjacent to an activating group) is 1. The van der Waals surface area contributed by atoms with E-state index >= 15 is 0 Å². The molecule has 1 aliphatic heterocycles.